The van der Waals surface area contributed by atoms with Crippen molar-refractivity contribution in [1.82, 2.24) is 29.8 Å². The molecule has 0 saturated carbocycles. The second-order valence-electron chi connectivity index (χ2n) is 7.64. The molecule has 0 bridgehead atoms. The Hall–Kier alpha value is -3.11. The number of ether oxygens (including phenoxy) is 1. The Labute approximate surface area is 179 Å². The number of amides is 1. The van der Waals surface area contributed by atoms with E-state index in [0.29, 0.717) is 25.5 Å². The molecule has 1 aliphatic heterocycles. The van der Waals surface area contributed by atoms with Crippen LogP contribution in [0.1, 0.15) is 28.6 Å². The van der Waals surface area contributed by atoms with Gasteiger partial charge in [-0.25, -0.2) is 9.37 Å². The highest BCUT2D eigenvalue weighted by Gasteiger charge is 2.24. The predicted molar refractivity (Wildman–Crippen MR) is 113 cm³/mol. The Balaban J connectivity index is 1.49. The number of morpholine rings is 1. The van der Waals surface area contributed by atoms with Crippen molar-refractivity contribution in [3.63, 3.8) is 0 Å². The summed E-state index contributed by atoms with van der Waals surface area (Å²) in [6, 6.07) is 6.36. The topological polar surface area (TPSA) is 111 Å². The van der Waals surface area contributed by atoms with Gasteiger partial charge in [0.2, 0.25) is 11.9 Å². The second-order valence-corrected chi connectivity index (χ2v) is 7.64. The molecule has 1 amide bonds. The van der Waals surface area contributed by atoms with Gasteiger partial charge in [-0.05, 0) is 31.5 Å². The number of nitrogens with zero attached hydrogens (tertiary/aromatic N) is 5. The highest BCUT2D eigenvalue weighted by Crippen LogP contribution is 2.22. The molecule has 1 aliphatic rings. The van der Waals surface area contributed by atoms with E-state index in [2.05, 4.69) is 25.3 Å². The van der Waals surface area contributed by atoms with E-state index in [1.54, 1.807) is 16.6 Å². The van der Waals surface area contributed by atoms with Crippen LogP contribution in [-0.4, -0.2) is 63.2 Å². The Morgan fingerprint density at radius 1 is 1.23 bits per heavy atom. The molecule has 1 atom stereocenters. The zero-order valence-corrected chi connectivity index (χ0v) is 17.6. The maximum absolute atomic E-state index is 13.4. The molecule has 1 saturated heterocycles. The molecular weight excluding hydrogens is 401 g/mol. The maximum atomic E-state index is 13.4. The number of benzene rings is 1. The Morgan fingerprint density at radius 3 is 2.65 bits per heavy atom. The van der Waals surface area contributed by atoms with Gasteiger partial charge in [0.1, 0.15) is 5.82 Å². The van der Waals surface area contributed by atoms with Crippen molar-refractivity contribution in [3.8, 4) is 0 Å². The van der Waals surface area contributed by atoms with E-state index in [9.17, 15) is 9.18 Å². The minimum Gasteiger partial charge on any atom is -0.379 e. The maximum Gasteiger partial charge on any atom is 0.254 e. The molecule has 0 radical (unpaired) electrons. The van der Waals surface area contributed by atoms with Crippen LogP contribution < -0.4 is 11.1 Å². The first-order valence-electron chi connectivity index (χ1n) is 10.2. The summed E-state index contributed by atoms with van der Waals surface area (Å²) in [6.07, 6.45) is 0.166. The number of hydrogen-bond acceptors (Lipinski definition) is 7. The lowest BCUT2D eigenvalue weighted by molar-refractivity contribution is -0.120. The van der Waals surface area contributed by atoms with Gasteiger partial charge in [-0.15, -0.1) is 5.10 Å². The van der Waals surface area contributed by atoms with Gasteiger partial charge in [-0.3, -0.25) is 9.69 Å². The number of halogens is 1. The van der Waals surface area contributed by atoms with Crippen LogP contribution in [0.5, 0.6) is 0 Å². The first-order valence-corrected chi connectivity index (χ1v) is 10.2. The lowest BCUT2D eigenvalue weighted by atomic mass is 10.0. The average molecular weight is 427 g/mol. The summed E-state index contributed by atoms with van der Waals surface area (Å²) >= 11 is 0. The van der Waals surface area contributed by atoms with Crippen LogP contribution >= 0.6 is 0 Å². The van der Waals surface area contributed by atoms with Gasteiger partial charge in [0, 0.05) is 36.6 Å². The fourth-order valence-electron chi connectivity index (χ4n) is 3.95. The zero-order valence-electron chi connectivity index (χ0n) is 17.6. The van der Waals surface area contributed by atoms with Crippen molar-refractivity contribution in [2.45, 2.75) is 26.3 Å². The molecule has 2 aromatic heterocycles. The van der Waals surface area contributed by atoms with E-state index in [1.165, 1.54) is 12.1 Å². The predicted octanol–water partition coefficient (Wildman–Crippen LogP) is 1.19. The van der Waals surface area contributed by atoms with E-state index in [-0.39, 0.29) is 30.1 Å². The quantitative estimate of drug-likeness (QED) is 0.608. The minimum absolute atomic E-state index is 0.0636. The lowest BCUT2D eigenvalue weighted by Crippen LogP contribution is -2.44. The number of fused-ring (bicyclic) bond motifs is 1. The van der Waals surface area contributed by atoms with E-state index in [0.717, 1.165) is 35.6 Å². The van der Waals surface area contributed by atoms with Gasteiger partial charge in [0.15, 0.2) is 0 Å². The minimum atomic E-state index is -0.281. The summed E-state index contributed by atoms with van der Waals surface area (Å²) in [5.41, 5.74) is 8.93. The highest BCUT2D eigenvalue weighted by atomic mass is 19.1. The van der Waals surface area contributed by atoms with Gasteiger partial charge in [-0.2, -0.15) is 9.50 Å². The standard InChI is InChI=1S/C21H26FN7O2/c1-13-17(14(2)29-21(25-13)26-20(23)27-29)11-19(30)24-12-18(28-7-9-31-10-8-28)15-3-5-16(22)6-4-15/h3-6,18H,7-12H2,1-2H3,(H2,23,27)(H,24,30). The Morgan fingerprint density at radius 2 is 1.94 bits per heavy atom. The van der Waals surface area contributed by atoms with Crippen LogP contribution in [0, 0.1) is 19.7 Å². The molecule has 10 heteroatoms. The highest BCUT2D eigenvalue weighted by molar-refractivity contribution is 5.79. The molecule has 164 valence electrons. The van der Waals surface area contributed by atoms with Crippen molar-refractivity contribution < 1.29 is 13.9 Å². The number of nitrogen functional groups attached to an aromatic ring is 1. The van der Waals surface area contributed by atoms with E-state index < -0.39 is 0 Å². The first-order chi connectivity index (χ1) is 14.9. The van der Waals surface area contributed by atoms with Crippen LogP contribution in [0.3, 0.4) is 0 Å². The van der Waals surface area contributed by atoms with Crippen molar-refractivity contribution in [2.75, 3.05) is 38.6 Å². The molecular formula is C21H26FN7O2. The third-order valence-corrected chi connectivity index (χ3v) is 5.64. The lowest BCUT2D eigenvalue weighted by Gasteiger charge is -2.35. The molecule has 9 nitrogen and oxygen atoms in total. The summed E-state index contributed by atoms with van der Waals surface area (Å²) in [7, 11) is 0. The van der Waals surface area contributed by atoms with Gasteiger partial charge in [0.25, 0.3) is 5.78 Å². The van der Waals surface area contributed by atoms with E-state index in [4.69, 9.17) is 10.5 Å². The molecule has 1 aromatic carbocycles. The third kappa shape index (κ3) is 4.64. The van der Waals surface area contributed by atoms with Gasteiger partial charge in [0.05, 0.1) is 25.7 Å². The smallest absolute Gasteiger partial charge is 0.254 e. The number of carbonyl (C=O) groups excluding carboxylic acids is 1. The number of anilines is 1. The Kier molecular flexibility index (Phi) is 6.10. The first kappa shape index (κ1) is 21.1. The van der Waals surface area contributed by atoms with Crippen LogP contribution in [0.15, 0.2) is 24.3 Å². The average Bonchev–Trinajstić information content (AvgIpc) is 3.13. The molecule has 4 rings (SSSR count). The van der Waals surface area contributed by atoms with E-state index in [1.807, 2.05) is 13.8 Å². The van der Waals surface area contributed by atoms with Crippen LogP contribution in [-0.2, 0) is 16.0 Å². The third-order valence-electron chi connectivity index (χ3n) is 5.64. The summed E-state index contributed by atoms with van der Waals surface area (Å²) in [6.45, 7) is 6.90. The molecule has 3 heterocycles. The van der Waals surface area contributed by atoms with Crippen molar-refractivity contribution in [1.29, 1.82) is 0 Å². The summed E-state index contributed by atoms with van der Waals surface area (Å²) in [5.74, 6) is 0.154. The fraction of sp³-hybridized carbons (Fsp3) is 0.429. The van der Waals surface area contributed by atoms with Crippen molar-refractivity contribution in [2.24, 2.45) is 0 Å². The summed E-state index contributed by atoms with van der Waals surface area (Å²) in [5, 5.41) is 7.18. The normalized spacial score (nSPS) is 15.8. The number of nitrogens with two attached hydrogens (primary N) is 1. The number of carbonyl (C=O) groups is 1. The van der Waals surface area contributed by atoms with Crippen molar-refractivity contribution >= 4 is 17.6 Å². The van der Waals surface area contributed by atoms with Crippen molar-refractivity contribution in [3.05, 3.63) is 52.6 Å². The number of rotatable bonds is 6. The molecule has 31 heavy (non-hydrogen) atoms. The molecule has 1 unspecified atom stereocenters. The summed E-state index contributed by atoms with van der Waals surface area (Å²) in [4.78, 5) is 23.6. The molecule has 3 aromatic rings. The largest absolute Gasteiger partial charge is 0.379 e. The van der Waals surface area contributed by atoms with Crippen LogP contribution in [0.4, 0.5) is 10.3 Å². The molecule has 1 fully saturated rings. The second kappa shape index (κ2) is 8.94. The number of nitrogens with one attached hydrogen (secondary N) is 1. The Bertz CT molecular complexity index is 1080. The van der Waals surface area contributed by atoms with E-state index >= 15 is 0 Å². The van der Waals surface area contributed by atoms with Gasteiger partial charge < -0.3 is 15.8 Å². The zero-order chi connectivity index (χ0) is 22.0. The monoisotopic (exact) mass is 427 g/mol. The molecule has 3 N–H and O–H groups in total. The molecule has 0 aliphatic carbocycles. The summed E-state index contributed by atoms with van der Waals surface area (Å²) < 4.78 is 20.4. The number of aryl methyl sites for hydroxylation is 2. The van der Waals surface area contributed by atoms with Gasteiger partial charge in [-0.1, -0.05) is 12.1 Å². The number of aromatic nitrogens is 4. The number of hydrogen-bond donors (Lipinski definition) is 2. The van der Waals surface area contributed by atoms with Crippen LogP contribution in [0.2, 0.25) is 0 Å². The van der Waals surface area contributed by atoms with Crippen LogP contribution in [0.25, 0.3) is 5.78 Å². The van der Waals surface area contributed by atoms with Gasteiger partial charge >= 0.3 is 0 Å². The molecule has 0 spiro atoms. The SMILES string of the molecule is Cc1nc2nc(N)nn2c(C)c1CC(=O)NCC(c1ccc(F)cc1)N1CCOCC1. The fourth-order valence-corrected chi connectivity index (χ4v) is 3.95.